The third kappa shape index (κ3) is 4.80. The average Bonchev–Trinajstić information content (AvgIpc) is 2.61. The molecule has 1 N–H and O–H groups in total. The molecule has 0 spiro atoms. The Labute approximate surface area is 137 Å². The van der Waals surface area contributed by atoms with Gasteiger partial charge in [0, 0.05) is 18.2 Å². The van der Waals surface area contributed by atoms with Crippen molar-refractivity contribution < 1.29 is 9.13 Å². The molecular formula is C20H24FNO. The van der Waals surface area contributed by atoms with Crippen molar-refractivity contribution in [2.75, 3.05) is 0 Å². The van der Waals surface area contributed by atoms with Crippen LogP contribution in [0.4, 0.5) is 4.39 Å². The molecular weight excluding hydrogens is 289 g/mol. The Morgan fingerprint density at radius 2 is 1.70 bits per heavy atom. The van der Waals surface area contributed by atoms with Crippen LogP contribution in [0.2, 0.25) is 0 Å². The van der Waals surface area contributed by atoms with Gasteiger partial charge >= 0.3 is 0 Å². The maximum absolute atomic E-state index is 12.9. The molecule has 1 saturated carbocycles. The van der Waals surface area contributed by atoms with Crippen LogP contribution in [0.1, 0.15) is 43.2 Å². The Kier molecular flexibility index (Phi) is 5.65. The predicted octanol–water partition coefficient (Wildman–Crippen LogP) is 4.83. The molecule has 2 aromatic carbocycles. The van der Waals surface area contributed by atoms with Crippen LogP contribution < -0.4 is 10.1 Å². The van der Waals surface area contributed by atoms with E-state index in [9.17, 15) is 4.39 Å². The lowest BCUT2D eigenvalue weighted by atomic mass is 9.95. The third-order valence-corrected chi connectivity index (χ3v) is 4.47. The lowest BCUT2D eigenvalue weighted by Gasteiger charge is -2.23. The van der Waals surface area contributed by atoms with Gasteiger partial charge < -0.3 is 10.1 Å². The molecule has 3 rings (SSSR count). The quantitative estimate of drug-likeness (QED) is 0.825. The molecule has 0 unspecified atom stereocenters. The van der Waals surface area contributed by atoms with Gasteiger partial charge in [-0.15, -0.1) is 0 Å². The van der Waals surface area contributed by atoms with Crippen LogP contribution in [0.25, 0.3) is 0 Å². The van der Waals surface area contributed by atoms with Gasteiger partial charge in [-0.1, -0.05) is 49.6 Å². The number of nitrogens with one attached hydrogen (secondary N) is 1. The van der Waals surface area contributed by atoms with Crippen LogP contribution in [0.3, 0.4) is 0 Å². The van der Waals surface area contributed by atoms with E-state index in [1.54, 1.807) is 12.1 Å². The SMILES string of the molecule is Fc1ccc(COc2ccccc2CNC2CCCCC2)cc1. The van der Waals surface area contributed by atoms with E-state index in [-0.39, 0.29) is 5.82 Å². The minimum Gasteiger partial charge on any atom is -0.489 e. The van der Waals surface area contributed by atoms with Crippen LogP contribution in [-0.2, 0) is 13.2 Å². The zero-order valence-corrected chi connectivity index (χ0v) is 13.4. The Bertz CT molecular complexity index is 605. The molecule has 2 aromatic rings. The van der Waals surface area contributed by atoms with E-state index >= 15 is 0 Å². The first-order chi connectivity index (χ1) is 11.3. The van der Waals surface area contributed by atoms with E-state index in [1.807, 2.05) is 18.2 Å². The monoisotopic (exact) mass is 313 g/mol. The molecule has 3 heteroatoms. The lowest BCUT2D eigenvalue weighted by Crippen LogP contribution is -2.30. The van der Waals surface area contributed by atoms with Crippen molar-refractivity contribution in [1.29, 1.82) is 0 Å². The van der Waals surface area contributed by atoms with Gasteiger partial charge in [-0.25, -0.2) is 4.39 Å². The summed E-state index contributed by atoms with van der Waals surface area (Å²) in [6.07, 6.45) is 6.59. The van der Waals surface area contributed by atoms with E-state index in [2.05, 4.69) is 11.4 Å². The highest BCUT2D eigenvalue weighted by Gasteiger charge is 2.13. The van der Waals surface area contributed by atoms with Crippen LogP contribution in [-0.4, -0.2) is 6.04 Å². The van der Waals surface area contributed by atoms with Crippen LogP contribution in [0.15, 0.2) is 48.5 Å². The Balaban J connectivity index is 1.57. The molecule has 1 aliphatic rings. The smallest absolute Gasteiger partial charge is 0.124 e. The molecule has 0 amide bonds. The van der Waals surface area contributed by atoms with Gasteiger partial charge in [0.05, 0.1) is 0 Å². The van der Waals surface area contributed by atoms with Gasteiger partial charge in [0.2, 0.25) is 0 Å². The molecule has 2 nitrogen and oxygen atoms in total. The van der Waals surface area contributed by atoms with Crippen molar-refractivity contribution in [1.82, 2.24) is 5.32 Å². The molecule has 0 heterocycles. The molecule has 0 saturated heterocycles. The van der Waals surface area contributed by atoms with Crippen molar-refractivity contribution in [2.24, 2.45) is 0 Å². The van der Waals surface area contributed by atoms with Gasteiger partial charge in [-0.3, -0.25) is 0 Å². The van der Waals surface area contributed by atoms with Gasteiger partial charge in [-0.2, -0.15) is 0 Å². The van der Waals surface area contributed by atoms with E-state index in [1.165, 1.54) is 49.8 Å². The van der Waals surface area contributed by atoms with E-state index in [0.29, 0.717) is 12.6 Å². The predicted molar refractivity (Wildman–Crippen MR) is 90.9 cm³/mol. The minimum atomic E-state index is -0.217. The summed E-state index contributed by atoms with van der Waals surface area (Å²) in [7, 11) is 0. The summed E-state index contributed by atoms with van der Waals surface area (Å²) in [5.74, 6) is 0.686. The molecule has 122 valence electrons. The van der Waals surface area contributed by atoms with Gasteiger partial charge in [0.1, 0.15) is 18.2 Å². The standard InChI is InChI=1S/C20H24FNO/c21-18-12-10-16(11-13-18)15-23-20-9-5-4-6-17(20)14-22-19-7-2-1-3-8-19/h4-6,9-13,19,22H,1-3,7-8,14-15H2. The van der Waals surface area contributed by atoms with Crippen molar-refractivity contribution in [3.63, 3.8) is 0 Å². The summed E-state index contributed by atoms with van der Waals surface area (Å²) in [5, 5.41) is 3.65. The molecule has 1 aliphatic carbocycles. The molecule has 0 aliphatic heterocycles. The fourth-order valence-electron chi connectivity index (χ4n) is 3.09. The Morgan fingerprint density at radius 1 is 0.957 bits per heavy atom. The van der Waals surface area contributed by atoms with Crippen molar-refractivity contribution in [2.45, 2.75) is 51.3 Å². The Morgan fingerprint density at radius 3 is 2.48 bits per heavy atom. The van der Waals surface area contributed by atoms with Crippen LogP contribution >= 0.6 is 0 Å². The topological polar surface area (TPSA) is 21.3 Å². The number of halogens is 1. The summed E-state index contributed by atoms with van der Waals surface area (Å²) in [5.41, 5.74) is 2.15. The number of hydrogen-bond donors (Lipinski definition) is 1. The van der Waals surface area contributed by atoms with Crippen molar-refractivity contribution >= 4 is 0 Å². The highest BCUT2D eigenvalue weighted by atomic mass is 19.1. The van der Waals surface area contributed by atoms with E-state index in [0.717, 1.165) is 17.9 Å². The second kappa shape index (κ2) is 8.11. The fraction of sp³-hybridized carbons (Fsp3) is 0.400. The summed E-state index contributed by atoms with van der Waals surface area (Å²) in [4.78, 5) is 0. The molecule has 1 fully saturated rings. The number of hydrogen-bond acceptors (Lipinski definition) is 2. The minimum absolute atomic E-state index is 0.217. The number of rotatable bonds is 6. The first kappa shape index (κ1) is 16.0. The number of ether oxygens (including phenoxy) is 1. The van der Waals surface area contributed by atoms with Crippen molar-refractivity contribution in [3.8, 4) is 5.75 Å². The highest BCUT2D eigenvalue weighted by molar-refractivity contribution is 5.33. The molecule has 0 bridgehead atoms. The molecule has 0 aromatic heterocycles. The zero-order valence-electron chi connectivity index (χ0n) is 13.4. The maximum Gasteiger partial charge on any atom is 0.124 e. The highest BCUT2D eigenvalue weighted by Crippen LogP contribution is 2.22. The van der Waals surface area contributed by atoms with E-state index in [4.69, 9.17) is 4.74 Å². The maximum atomic E-state index is 12.9. The summed E-state index contributed by atoms with van der Waals surface area (Å²) < 4.78 is 18.9. The van der Waals surface area contributed by atoms with Gasteiger partial charge in [-0.05, 0) is 36.6 Å². The second-order valence-corrected chi connectivity index (χ2v) is 6.24. The lowest BCUT2D eigenvalue weighted by molar-refractivity contribution is 0.299. The average molecular weight is 313 g/mol. The summed E-state index contributed by atoms with van der Waals surface area (Å²) >= 11 is 0. The van der Waals surface area contributed by atoms with Crippen molar-refractivity contribution in [3.05, 3.63) is 65.5 Å². The van der Waals surface area contributed by atoms with E-state index < -0.39 is 0 Å². The zero-order chi connectivity index (χ0) is 15.9. The first-order valence-corrected chi connectivity index (χ1v) is 8.50. The summed E-state index contributed by atoms with van der Waals surface area (Å²) in [6.45, 7) is 1.30. The number of benzene rings is 2. The van der Waals surface area contributed by atoms with Crippen LogP contribution in [0, 0.1) is 5.82 Å². The summed E-state index contributed by atoms with van der Waals surface area (Å²) in [6, 6.07) is 15.2. The van der Waals surface area contributed by atoms with Crippen LogP contribution in [0.5, 0.6) is 5.75 Å². The second-order valence-electron chi connectivity index (χ2n) is 6.24. The van der Waals surface area contributed by atoms with Gasteiger partial charge in [0.25, 0.3) is 0 Å². The third-order valence-electron chi connectivity index (χ3n) is 4.47. The fourth-order valence-corrected chi connectivity index (χ4v) is 3.09. The largest absolute Gasteiger partial charge is 0.489 e. The number of para-hydroxylation sites is 1. The molecule has 0 atom stereocenters. The first-order valence-electron chi connectivity index (χ1n) is 8.50. The Hall–Kier alpha value is -1.87. The van der Waals surface area contributed by atoms with Gasteiger partial charge in [0.15, 0.2) is 0 Å². The molecule has 23 heavy (non-hydrogen) atoms. The molecule has 0 radical (unpaired) electrons. The normalized spacial score (nSPS) is 15.5.